The molecule has 2 rings (SSSR count). The van der Waals surface area contributed by atoms with Gasteiger partial charge in [0.15, 0.2) is 16.9 Å². The van der Waals surface area contributed by atoms with E-state index in [0.29, 0.717) is 17.9 Å². The smallest absolute Gasteiger partial charge is 0.325 e. The highest BCUT2D eigenvalue weighted by Gasteiger charge is 2.52. The van der Waals surface area contributed by atoms with Crippen LogP contribution in [0.2, 0.25) is 0 Å². The Morgan fingerprint density at radius 1 is 1.45 bits per heavy atom. The molecule has 0 saturated carbocycles. The fourth-order valence-electron chi connectivity index (χ4n) is 3.06. The largest absolute Gasteiger partial charge is 0.493 e. The minimum Gasteiger partial charge on any atom is -0.493 e. The third kappa shape index (κ3) is 1.80. The molecule has 0 amide bonds. The standard InChI is InChI=1S/C15H17NO4/c1-4-11-10-6-13(20-3)12(19-2)5-9(10)7-15(11,8-16)14(17)18/h5-6,11H,4,7H2,1-3H3,(H,17,18). The van der Waals surface area contributed by atoms with Gasteiger partial charge in [0.05, 0.1) is 20.3 Å². The molecule has 1 aromatic rings. The molecule has 106 valence electrons. The fraction of sp³-hybridized carbons (Fsp3) is 0.467. The molecule has 0 bridgehead atoms. The summed E-state index contributed by atoms with van der Waals surface area (Å²) in [6.07, 6.45) is 0.787. The van der Waals surface area contributed by atoms with Crippen LogP contribution in [-0.4, -0.2) is 25.3 Å². The number of carbonyl (C=O) groups is 1. The second-order valence-electron chi connectivity index (χ2n) is 4.93. The molecule has 0 aliphatic heterocycles. The summed E-state index contributed by atoms with van der Waals surface area (Å²) >= 11 is 0. The molecule has 1 aromatic carbocycles. The third-order valence-electron chi connectivity index (χ3n) is 4.07. The van der Waals surface area contributed by atoms with Gasteiger partial charge in [-0.25, -0.2) is 0 Å². The number of carboxylic acids is 1. The molecule has 1 N–H and O–H groups in total. The predicted molar refractivity (Wildman–Crippen MR) is 72.0 cm³/mol. The molecule has 0 spiro atoms. The summed E-state index contributed by atoms with van der Waals surface area (Å²) in [5, 5.41) is 18.9. The number of hydrogen-bond donors (Lipinski definition) is 1. The molecule has 20 heavy (non-hydrogen) atoms. The maximum Gasteiger partial charge on any atom is 0.325 e. The lowest BCUT2D eigenvalue weighted by Crippen LogP contribution is -2.33. The van der Waals surface area contributed by atoms with Crippen molar-refractivity contribution in [2.75, 3.05) is 14.2 Å². The molecule has 5 nitrogen and oxygen atoms in total. The van der Waals surface area contributed by atoms with Gasteiger partial charge >= 0.3 is 5.97 Å². The average Bonchev–Trinajstić information content (AvgIpc) is 2.79. The number of methoxy groups -OCH3 is 2. The van der Waals surface area contributed by atoms with Crippen LogP contribution in [0.25, 0.3) is 0 Å². The van der Waals surface area contributed by atoms with Gasteiger partial charge in [0.1, 0.15) is 0 Å². The van der Waals surface area contributed by atoms with Crippen molar-refractivity contribution in [1.82, 2.24) is 0 Å². The Hall–Kier alpha value is -2.22. The van der Waals surface area contributed by atoms with Crippen molar-refractivity contribution in [3.63, 3.8) is 0 Å². The Morgan fingerprint density at radius 3 is 2.50 bits per heavy atom. The summed E-state index contributed by atoms with van der Waals surface area (Å²) in [5.74, 6) is -0.287. The van der Waals surface area contributed by atoms with Crippen molar-refractivity contribution in [3.8, 4) is 17.6 Å². The van der Waals surface area contributed by atoms with E-state index in [4.69, 9.17) is 9.47 Å². The quantitative estimate of drug-likeness (QED) is 0.912. The number of ether oxygens (including phenoxy) is 2. The van der Waals surface area contributed by atoms with Crippen molar-refractivity contribution < 1.29 is 19.4 Å². The SMILES string of the molecule is CCC1c2cc(OC)c(OC)cc2CC1(C#N)C(=O)O. The number of rotatable bonds is 4. The van der Waals surface area contributed by atoms with E-state index in [2.05, 4.69) is 0 Å². The van der Waals surface area contributed by atoms with Crippen LogP contribution in [0.4, 0.5) is 0 Å². The number of nitrogens with zero attached hydrogens (tertiary/aromatic N) is 1. The number of hydrogen-bond acceptors (Lipinski definition) is 4. The van der Waals surface area contributed by atoms with E-state index in [-0.39, 0.29) is 12.3 Å². The molecule has 1 aliphatic rings. The van der Waals surface area contributed by atoms with Crippen molar-refractivity contribution >= 4 is 5.97 Å². The Labute approximate surface area is 117 Å². The first-order valence-electron chi connectivity index (χ1n) is 6.43. The zero-order valence-corrected chi connectivity index (χ0v) is 11.8. The highest BCUT2D eigenvalue weighted by atomic mass is 16.5. The maximum atomic E-state index is 11.6. The maximum absolute atomic E-state index is 11.6. The fourth-order valence-corrected chi connectivity index (χ4v) is 3.06. The van der Waals surface area contributed by atoms with E-state index in [0.717, 1.165) is 11.1 Å². The molecule has 0 saturated heterocycles. The van der Waals surface area contributed by atoms with Crippen LogP contribution < -0.4 is 9.47 Å². The van der Waals surface area contributed by atoms with Gasteiger partial charge in [-0.15, -0.1) is 0 Å². The van der Waals surface area contributed by atoms with Gasteiger partial charge in [-0.1, -0.05) is 6.92 Å². The molecule has 0 fully saturated rings. The van der Waals surface area contributed by atoms with Crippen LogP contribution in [-0.2, 0) is 11.2 Å². The Balaban J connectivity index is 2.62. The van der Waals surface area contributed by atoms with Crippen molar-refractivity contribution in [3.05, 3.63) is 23.3 Å². The first kappa shape index (κ1) is 14.2. The molecule has 2 unspecified atom stereocenters. The van der Waals surface area contributed by atoms with Crippen LogP contribution >= 0.6 is 0 Å². The lowest BCUT2D eigenvalue weighted by molar-refractivity contribution is -0.146. The third-order valence-corrected chi connectivity index (χ3v) is 4.07. The molecule has 2 atom stereocenters. The summed E-state index contributed by atoms with van der Waals surface area (Å²) in [5.41, 5.74) is 0.321. The van der Waals surface area contributed by atoms with Crippen LogP contribution in [0.15, 0.2) is 12.1 Å². The van der Waals surface area contributed by atoms with Crippen LogP contribution in [0, 0.1) is 16.7 Å². The molecular formula is C15H17NO4. The zero-order valence-electron chi connectivity index (χ0n) is 11.8. The summed E-state index contributed by atoms with van der Waals surface area (Å²) < 4.78 is 10.5. The first-order valence-corrected chi connectivity index (χ1v) is 6.43. The highest BCUT2D eigenvalue weighted by molar-refractivity contribution is 5.82. The summed E-state index contributed by atoms with van der Waals surface area (Å²) in [4.78, 5) is 11.6. The molecular weight excluding hydrogens is 258 g/mol. The van der Waals surface area contributed by atoms with Crippen molar-refractivity contribution in [2.24, 2.45) is 5.41 Å². The van der Waals surface area contributed by atoms with Gasteiger partial charge in [-0.2, -0.15) is 5.26 Å². The number of nitriles is 1. The Morgan fingerprint density at radius 2 is 2.05 bits per heavy atom. The Kier molecular flexibility index (Phi) is 3.58. The first-order chi connectivity index (χ1) is 9.53. The van der Waals surface area contributed by atoms with E-state index in [1.807, 2.05) is 13.0 Å². The zero-order chi connectivity index (χ0) is 14.9. The van der Waals surface area contributed by atoms with Crippen LogP contribution in [0.1, 0.15) is 30.4 Å². The summed E-state index contributed by atoms with van der Waals surface area (Å²) in [6.45, 7) is 1.89. The van der Waals surface area contributed by atoms with Gasteiger partial charge in [0, 0.05) is 12.3 Å². The van der Waals surface area contributed by atoms with Gasteiger partial charge < -0.3 is 14.6 Å². The topological polar surface area (TPSA) is 79.5 Å². The van der Waals surface area contributed by atoms with Crippen LogP contribution in [0.5, 0.6) is 11.5 Å². The average molecular weight is 275 g/mol. The second-order valence-corrected chi connectivity index (χ2v) is 4.93. The summed E-state index contributed by atoms with van der Waals surface area (Å²) in [7, 11) is 3.07. The van der Waals surface area contributed by atoms with Crippen LogP contribution in [0.3, 0.4) is 0 Å². The molecule has 0 heterocycles. The normalized spacial score (nSPS) is 23.8. The van der Waals surface area contributed by atoms with E-state index < -0.39 is 11.4 Å². The number of benzene rings is 1. The second kappa shape index (κ2) is 5.04. The molecule has 0 aromatic heterocycles. The van der Waals surface area contributed by atoms with E-state index in [1.165, 1.54) is 14.2 Å². The van der Waals surface area contributed by atoms with E-state index >= 15 is 0 Å². The van der Waals surface area contributed by atoms with Gasteiger partial charge in [-0.3, -0.25) is 4.79 Å². The lowest BCUT2D eigenvalue weighted by atomic mass is 9.76. The lowest BCUT2D eigenvalue weighted by Gasteiger charge is -2.23. The Bertz CT molecular complexity index is 590. The predicted octanol–water partition coefficient (Wildman–Crippen LogP) is 2.35. The number of aliphatic carboxylic acids is 1. The summed E-state index contributed by atoms with van der Waals surface area (Å²) in [6, 6.07) is 5.59. The molecule has 1 aliphatic carbocycles. The van der Waals surface area contributed by atoms with Crippen molar-refractivity contribution in [2.45, 2.75) is 25.7 Å². The van der Waals surface area contributed by atoms with Gasteiger partial charge in [0.2, 0.25) is 0 Å². The minimum atomic E-state index is -1.39. The van der Waals surface area contributed by atoms with Crippen molar-refractivity contribution in [1.29, 1.82) is 5.26 Å². The van der Waals surface area contributed by atoms with Gasteiger partial charge in [-0.05, 0) is 29.7 Å². The molecule has 0 radical (unpaired) electrons. The van der Waals surface area contributed by atoms with E-state index in [1.54, 1.807) is 12.1 Å². The number of fused-ring (bicyclic) bond motifs is 1. The minimum absolute atomic E-state index is 0.201. The molecule has 5 heteroatoms. The monoisotopic (exact) mass is 275 g/mol. The highest BCUT2D eigenvalue weighted by Crippen LogP contribution is 2.51. The van der Waals surface area contributed by atoms with E-state index in [9.17, 15) is 15.2 Å². The van der Waals surface area contributed by atoms with Gasteiger partial charge in [0.25, 0.3) is 0 Å². The number of carboxylic acid groups (broad SMARTS) is 1.